The fraction of sp³-hybridized carbons (Fsp3) is 0.467. The Labute approximate surface area is 122 Å². The van der Waals surface area contributed by atoms with Gasteiger partial charge in [-0.1, -0.05) is 24.4 Å². The minimum absolute atomic E-state index is 0.184. The smallest absolute Gasteiger partial charge is 0.307 e. The van der Waals surface area contributed by atoms with E-state index < -0.39 is 17.8 Å². The van der Waals surface area contributed by atoms with Gasteiger partial charge in [-0.3, -0.25) is 9.59 Å². The molecule has 0 heterocycles. The Kier molecular flexibility index (Phi) is 4.65. The van der Waals surface area contributed by atoms with Crippen LogP contribution in [0.15, 0.2) is 18.2 Å². The van der Waals surface area contributed by atoms with Crippen molar-refractivity contribution in [2.45, 2.75) is 25.7 Å². The van der Waals surface area contributed by atoms with Gasteiger partial charge < -0.3 is 9.84 Å². The lowest BCUT2D eigenvalue weighted by Gasteiger charge is -2.27. The summed E-state index contributed by atoms with van der Waals surface area (Å²) < 4.78 is 5.18. The molecule has 1 aliphatic carbocycles. The maximum absolute atomic E-state index is 12.6. The molecule has 0 amide bonds. The normalized spacial score (nSPS) is 22.3. The lowest BCUT2D eigenvalue weighted by atomic mass is 9.75. The van der Waals surface area contributed by atoms with Gasteiger partial charge in [-0.05, 0) is 31.0 Å². The van der Waals surface area contributed by atoms with Crippen molar-refractivity contribution in [2.75, 3.05) is 7.11 Å². The Hall–Kier alpha value is -1.55. The van der Waals surface area contributed by atoms with Crippen LogP contribution >= 0.6 is 11.6 Å². The number of carboxylic acids is 1. The van der Waals surface area contributed by atoms with Crippen LogP contribution in [-0.4, -0.2) is 24.0 Å². The van der Waals surface area contributed by atoms with Gasteiger partial charge in [0.2, 0.25) is 0 Å². The fourth-order valence-corrected chi connectivity index (χ4v) is 2.98. The monoisotopic (exact) mass is 296 g/mol. The molecule has 0 spiro atoms. The van der Waals surface area contributed by atoms with Crippen molar-refractivity contribution in [3.8, 4) is 5.75 Å². The number of benzene rings is 1. The third-order valence-corrected chi connectivity index (χ3v) is 4.08. The average molecular weight is 297 g/mol. The van der Waals surface area contributed by atoms with Crippen molar-refractivity contribution >= 4 is 23.4 Å². The second kappa shape index (κ2) is 6.27. The molecule has 0 aliphatic heterocycles. The highest BCUT2D eigenvalue weighted by Crippen LogP contribution is 2.35. The summed E-state index contributed by atoms with van der Waals surface area (Å²) in [4.78, 5) is 24.0. The summed E-state index contributed by atoms with van der Waals surface area (Å²) in [6.45, 7) is 0. The number of methoxy groups -OCH3 is 1. The first-order valence-electron chi connectivity index (χ1n) is 6.65. The van der Waals surface area contributed by atoms with Crippen LogP contribution in [0.3, 0.4) is 0 Å². The third kappa shape index (κ3) is 2.96. The van der Waals surface area contributed by atoms with E-state index in [1.807, 2.05) is 0 Å². The number of rotatable bonds is 4. The van der Waals surface area contributed by atoms with Crippen LogP contribution in [0.1, 0.15) is 36.0 Å². The topological polar surface area (TPSA) is 63.6 Å². The number of aliphatic carboxylic acids is 1. The van der Waals surface area contributed by atoms with E-state index in [1.54, 1.807) is 18.2 Å². The Morgan fingerprint density at radius 3 is 2.50 bits per heavy atom. The molecule has 2 rings (SSSR count). The highest BCUT2D eigenvalue weighted by atomic mass is 35.5. The Morgan fingerprint density at radius 2 is 1.90 bits per heavy atom. The zero-order valence-corrected chi connectivity index (χ0v) is 12.0. The minimum atomic E-state index is -0.899. The standard InChI is InChI=1S/C15H17ClO4/c1-20-13-7-6-9(16)8-12(13)14(17)10-4-2-3-5-11(10)15(18)19/h6-8,10-11H,2-5H2,1H3,(H,18,19). The number of hydrogen-bond donors (Lipinski definition) is 1. The van der Waals surface area contributed by atoms with E-state index in [-0.39, 0.29) is 5.78 Å². The highest BCUT2D eigenvalue weighted by Gasteiger charge is 2.36. The Morgan fingerprint density at radius 1 is 1.25 bits per heavy atom. The predicted octanol–water partition coefficient (Wildman–Crippen LogP) is 3.42. The first-order valence-corrected chi connectivity index (χ1v) is 7.03. The molecule has 1 aromatic carbocycles. The van der Waals surface area contributed by atoms with E-state index in [9.17, 15) is 14.7 Å². The molecule has 0 saturated heterocycles. The molecule has 5 heteroatoms. The minimum Gasteiger partial charge on any atom is -0.496 e. The molecule has 1 N–H and O–H groups in total. The number of hydrogen-bond acceptors (Lipinski definition) is 3. The summed E-state index contributed by atoms with van der Waals surface area (Å²) in [7, 11) is 1.48. The molecule has 0 bridgehead atoms. The number of carbonyl (C=O) groups is 2. The van der Waals surface area contributed by atoms with E-state index >= 15 is 0 Å². The van der Waals surface area contributed by atoms with E-state index in [0.717, 1.165) is 12.8 Å². The van der Waals surface area contributed by atoms with Gasteiger partial charge in [0.05, 0.1) is 18.6 Å². The molecule has 1 aliphatic rings. The van der Waals surface area contributed by atoms with E-state index in [0.29, 0.717) is 29.2 Å². The van der Waals surface area contributed by atoms with Gasteiger partial charge in [0.1, 0.15) is 5.75 Å². The molecule has 0 aromatic heterocycles. The van der Waals surface area contributed by atoms with Crippen LogP contribution < -0.4 is 4.74 Å². The van der Waals surface area contributed by atoms with E-state index in [4.69, 9.17) is 16.3 Å². The number of Topliss-reactive ketones (excluding diaryl/α,β-unsaturated/α-hetero) is 1. The molecule has 1 saturated carbocycles. The molecular weight excluding hydrogens is 280 g/mol. The molecule has 4 nitrogen and oxygen atoms in total. The van der Waals surface area contributed by atoms with Gasteiger partial charge in [0, 0.05) is 10.9 Å². The average Bonchev–Trinajstić information content (AvgIpc) is 2.46. The van der Waals surface area contributed by atoms with E-state index in [2.05, 4.69) is 0 Å². The van der Waals surface area contributed by atoms with Crippen LogP contribution in [0, 0.1) is 11.8 Å². The van der Waals surface area contributed by atoms with Crippen molar-refractivity contribution in [3.05, 3.63) is 28.8 Å². The number of ether oxygens (including phenoxy) is 1. The zero-order valence-electron chi connectivity index (χ0n) is 11.3. The van der Waals surface area contributed by atoms with Crippen LogP contribution in [0.2, 0.25) is 5.02 Å². The van der Waals surface area contributed by atoms with Gasteiger partial charge in [0.25, 0.3) is 0 Å². The van der Waals surface area contributed by atoms with Gasteiger partial charge in [-0.15, -0.1) is 0 Å². The quantitative estimate of drug-likeness (QED) is 0.865. The van der Waals surface area contributed by atoms with Gasteiger partial charge in [0.15, 0.2) is 5.78 Å². The zero-order chi connectivity index (χ0) is 14.7. The second-order valence-corrected chi connectivity index (χ2v) is 5.48. The Bertz CT molecular complexity index is 527. The van der Waals surface area contributed by atoms with Crippen molar-refractivity contribution in [2.24, 2.45) is 11.8 Å². The summed E-state index contributed by atoms with van der Waals surface area (Å²) in [6.07, 6.45) is 2.89. The number of carbonyl (C=O) groups excluding carboxylic acids is 1. The van der Waals surface area contributed by atoms with Gasteiger partial charge >= 0.3 is 5.97 Å². The SMILES string of the molecule is COc1ccc(Cl)cc1C(=O)C1CCCCC1C(=O)O. The summed E-state index contributed by atoms with van der Waals surface area (Å²) in [5, 5.41) is 9.72. The van der Waals surface area contributed by atoms with Crippen molar-refractivity contribution < 1.29 is 19.4 Å². The lowest BCUT2D eigenvalue weighted by Crippen LogP contribution is -2.32. The van der Waals surface area contributed by atoms with Crippen LogP contribution in [0.25, 0.3) is 0 Å². The summed E-state index contributed by atoms with van der Waals surface area (Å²) in [6, 6.07) is 4.83. The molecule has 0 radical (unpaired) electrons. The number of ketones is 1. The predicted molar refractivity (Wildman–Crippen MR) is 75.4 cm³/mol. The lowest BCUT2D eigenvalue weighted by molar-refractivity contribution is -0.144. The highest BCUT2D eigenvalue weighted by molar-refractivity contribution is 6.31. The second-order valence-electron chi connectivity index (χ2n) is 5.04. The molecule has 2 atom stereocenters. The summed E-state index contributed by atoms with van der Waals surface area (Å²) in [5.74, 6) is -1.75. The maximum Gasteiger partial charge on any atom is 0.307 e. The van der Waals surface area contributed by atoms with Crippen molar-refractivity contribution in [1.82, 2.24) is 0 Å². The maximum atomic E-state index is 12.6. The first-order chi connectivity index (χ1) is 9.54. The van der Waals surface area contributed by atoms with Crippen LogP contribution in [-0.2, 0) is 4.79 Å². The Balaban J connectivity index is 2.34. The van der Waals surface area contributed by atoms with Crippen molar-refractivity contribution in [3.63, 3.8) is 0 Å². The van der Waals surface area contributed by atoms with Crippen LogP contribution in [0.4, 0.5) is 0 Å². The molecule has 1 aromatic rings. The van der Waals surface area contributed by atoms with Gasteiger partial charge in [-0.25, -0.2) is 0 Å². The molecule has 20 heavy (non-hydrogen) atoms. The molecule has 1 fully saturated rings. The molecular formula is C15H17ClO4. The number of carboxylic acid groups (broad SMARTS) is 1. The first kappa shape index (κ1) is 14.9. The van der Waals surface area contributed by atoms with Gasteiger partial charge in [-0.2, -0.15) is 0 Å². The summed E-state index contributed by atoms with van der Waals surface area (Å²) >= 11 is 5.93. The largest absolute Gasteiger partial charge is 0.496 e. The molecule has 108 valence electrons. The van der Waals surface area contributed by atoms with E-state index in [1.165, 1.54) is 7.11 Å². The van der Waals surface area contributed by atoms with Crippen LogP contribution in [0.5, 0.6) is 5.75 Å². The third-order valence-electron chi connectivity index (χ3n) is 3.85. The molecule has 2 unspecified atom stereocenters. The number of halogens is 1. The fourth-order valence-electron chi connectivity index (χ4n) is 2.81. The summed E-state index contributed by atoms with van der Waals surface area (Å²) in [5.41, 5.74) is 0.373. The van der Waals surface area contributed by atoms with Crippen molar-refractivity contribution in [1.29, 1.82) is 0 Å².